The Kier molecular flexibility index (Phi) is 5.10. The van der Waals surface area contributed by atoms with Gasteiger partial charge in [0.1, 0.15) is 0 Å². The predicted molar refractivity (Wildman–Crippen MR) is 95.7 cm³/mol. The number of anilines is 1. The predicted octanol–water partition coefficient (Wildman–Crippen LogP) is 4.31. The van der Waals surface area contributed by atoms with Crippen molar-refractivity contribution in [1.29, 1.82) is 0 Å². The van der Waals surface area contributed by atoms with E-state index < -0.39 is 0 Å². The lowest BCUT2D eigenvalue weighted by Crippen LogP contribution is -2.36. The highest BCUT2D eigenvalue weighted by atomic mass is 35.5. The van der Waals surface area contributed by atoms with Crippen molar-refractivity contribution in [2.24, 2.45) is 17.8 Å². The molecule has 0 radical (unpaired) electrons. The third-order valence-electron chi connectivity index (χ3n) is 5.29. The van der Waals surface area contributed by atoms with Gasteiger partial charge in [-0.15, -0.1) is 0 Å². The smallest absolute Gasteiger partial charge is 0.0639 e. The number of fused-ring (bicyclic) bond motifs is 2. The molecule has 1 fully saturated rings. The highest BCUT2D eigenvalue weighted by Gasteiger charge is 2.35. The average molecular weight is 319 g/mol. The molecule has 1 aromatic rings. The molecule has 2 bridgehead atoms. The molecule has 1 aromatic carbocycles. The summed E-state index contributed by atoms with van der Waals surface area (Å²) in [4.78, 5) is 4.87. The minimum Gasteiger partial charge on any atom is -0.369 e. The van der Waals surface area contributed by atoms with E-state index in [0.717, 1.165) is 48.1 Å². The normalized spacial score (nSPS) is 26.1. The van der Waals surface area contributed by atoms with E-state index in [0.29, 0.717) is 0 Å². The molecule has 0 aromatic heterocycles. The summed E-state index contributed by atoms with van der Waals surface area (Å²) in [5, 5.41) is 0.852. The molecule has 0 heterocycles. The van der Waals surface area contributed by atoms with Gasteiger partial charge in [-0.1, -0.05) is 35.9 Å². The van der Waals surface area contributed by atoms with Crippen molar-refractivity contribution in [3.05, 3.63) is 41.4 Å². The maximum atomic E-state index is 6.33. The summed E-state index contributed by atoms with van der Waals surface area (Å²) in [6.07, 6.45) is 7.68. The van der Waals surface area contributed by atoms with Gasteiger partial charge in [0.05, 0.1) is 10.7 Å². The van der Waals surface area contributed by atoms with Crippen molar-refractivity contribution in [2.45, 2.75) is 19.8 Å². The molecule has 1 saturated carbocycles. The number of benzene rings is 1. The highest BCUT2D eigenvalue weighted by molar-refractivity contribution is 6.33. The van der Waals surface area contributed by atoms with Crippen LogP contribution in [0.15, 0.2) is 36.4 Å². The third-order valence-corrected chi connectivity index (χ3v) is 5.61. The molecule has 22 heavy (non-hydrogen) atoms. The summed E-state index contributed by atoms with van der Waals surface area (Å²) in [6.45, 7) is 6.55. The fourth-order valence-corrected chi connectivity index (χ4v) is 4.30. The SMILES string of the molecule is CCN(CCN(C)CC1CC2C=CC1C2)c1ccccc1Cl. The summed E-state index contributed by atoms with van der Waals surface area (Å²) >= 11 is 6.33. The first kappa shape index (κ1) is 15.9. The first-order valence-electron chi connectivity index (χ1n) is 8.53. The van der Waals surface area contributed by atoms with Crippen LogP contribution in [0.2, 0.25) is 5.02 Å². The Labute approximate surface area is 139 Å². The molecule has 3 rings (SSSR count). The number of hydrogen-bond donors (Lipinski definition) is 0. The van der Waals surface area contributed by atoms with Gasteiger partial charge in [-0.3, -0.25) is 0 Å². The second kappa shape index (κ2) is 7.06. The van der Waals surface area contributed by atoms with E-state index in [1.807, 2.05) is 12.1 Å². The first-order valence-corrected chi connectivity index (χ1v) is 8.91. The monoisotopic (exact) mass is 318 g/mol. The minimum atomic E-state index is 0.846. The van der Waals surface area contributed by atoms with E-state index in [9.17, 15) is 0 Å². The highest BCUT2D eigenvalue weighted by Crippen LogP contribution is 2.43. The Morgan fingerprint density at radius 2 is 1.95 bits per heavy atom. The number of halogens is 1. The average Bonchev–Trinajstić information content (AvgIpc) is 3.12. The van der Waals surface area contributed by atoms with E-state index in [-0.39, 0.29) is 0 Å². The van der Waals surface area contributed by atoms with Crippen LogP contribution >= 0.6 is 11.6 Å². The molecule has 3 heteroatoms. The van der Waals surface area contributed by atoms with Crippen molar-refractivity contribution < 1.29 is 0 Å². The van der Waals surface area contributed by atoms with Gasteiger partial charge in [0.2, 0.25) is 0 Å². The van der Waals surface area contributed by atoms with Crippen LogP contribution in [0.4, 0.5) is 5.69 Å². The molecule has 0 saturated heterocycles. The van der Waals surface area contributed by atoms with Crippen molar-refractivity contribution in [1.82, 2.24) is 4.90 Å². The third kappa shape index (κ3) is 3.49. The molecule has 2 nitrogen and oxygen atoms in total. The minimum absolute atomic E-state index is 0.846. The molecule has 2 aliphatic rings. The van der Waals surface area contributed by atoms with Crippen LogP contribution < -0.4 is 4.90 Å². The maximum Gasteiger partial charge on any atom is 0.0639 e. The van der Waals surface area contributed by atoms with E-state index in [1.165, 1.54) is 19.4 Å². The fourth-order valence-electron chi connectivity index (χ4n) is 4.04. The van der Waals surface area contributed by atoms with E-state index >= 15 is 0 Å². The Bertz CT molecular complexity index is 528. The Hall–Kier alpha value is -0.990. The molecule has 0 amide bonds. The number of likely N-dealkylation sites (N-methyl/N-ethyl adjacent to an activating group) is 2. The standard InChI is InChI=1S/C19H27ClN2/c1-3-22(19-7-5-4-6-18(19)20)11-10-21(2)14-17-13-15-8-9-16(17)12-15/h4-9,15-17H,3,10-14H2,1-2H3. The van der Waals surface area contributed by atoms with Crippen LogP contribution in [0.5, 0.6) is 0 Å². The summed E-state index contributed by atoms with van der Waals surface area (Å²) < 4.78 is 0. The van der Waals surface area contributed by atoms with Crippen molar-refractivity contribution in [3.8, 4) is 0 Å². The molecule has 0 N–H and O–H groups in total. The zero-order valence-corrected chi connectivity index (χ0v) is 14.5. The Balaban J connectivity index is 1.50. The molecule has 120 valence electrons. The number of allylic oxidation sites excluding steroid dienone is 2. The van der Waals surface area contributed by atoms with Gasteiger partial charge in [0.15, 0.2) is 0 Å². The second-order valence-corrected chi connectivity index (χ2v) is 7.24. The van der Waals surface area contributed by atoms with Crippen LogP contribution in [-0.2, 0) is 0 Å². The number of nitrogens with zero attached hydrogens (tertiary/aromatic N) is 2. The molecule has 3 atom stereocenters. The van der Waals surface area contributed by atoms with E-state index in [2.05, 4.69) is 48.1 Å². The lowest BCUT2D eigenvalue weighted by atomic mass is 9.93. The number of hydrogen-bond acceptors (Lipinski definition) is 2. The Morgan fingerprint density at radius 1 is 1.14 bits per heavy atom. The molecular formula is C19H27ClN2. The quantitative estimate of drug-likeness (QED) is 0.691. The lowest BCUT2D eigenvalue weighted by Gasteiger charge is -2.29. The topological polar surface area (TPSA) is 6.48 Å². The van der Waals surface area contributed by atoms with E-state index in [4.69, 9.17) is 11.6 Å². The van der Waals surface area contributed by atoms with Gasteiger partial charge in [-0.2, -0.15) is 0 Å². The summed E-state index contributed by atoms with van der Waals surface area (Å²) in [5.74, 6) is 2.59. The number of rotatable bonds is 7. The van der Waals surface area contributed by atoms with Gasteiger partial charge in [-0.25, -0.2) is 0 Å². The number of para-hydroxylation sites is 1. The lowest BCUT2D eigenvalue weighted by molar-refractivity contribution is 0.258. The molecule has 0 spiro atoms. The first-order chi connectivity index (χ1) is 10.7. The maximum absolute atomic E-state index is 6.33. The van der Waals surface area contributed by atoms with Gasteiger partial charge in [0, 0.05) is 26.2 Å². The van der Waals surface area contributed by atoms with Crippen molar-refractivity contribution in [2.75, 3.05) is 38.1 Å². The molecule has 0 aliphatic heterocycles. The van der Waals surface area contributed by atoms with Crippen LogP contribution in [0, 0.1) is 17.8 Å². The van der Waals surface area contributed by atoms with Gasteiger partial charge in [-0.05, 0) is 56.7 Å². The zero-order chi connectivity index (χ0) is 15.5. The van der Waals surface area contributed by atoms with Crippen molar-refractivity contribution in [3.63, 3.8) is 0 Å². The Morgan fingerprint density at radius 3 is 2.59 bits per heavy atom. The van der Waals surface area contributed by atoms with E-state index in [1.54, 1.807) is 0 Å². The molecular weight excluding hydrogens is 292 g/mol. The van der Waals surface area contributed by atoms with Crippen LogP contribution in [-0.4, -0.2) is 38.1 Å². The summed E-state index contributed by atoms with van der Waals surface area (Å²) in [5.41, 5.74) is 1.16. The van der Waals surface area contributed by atoms with Gasteiger partial charge in [0.25, 0.3) is 0 Å². The molecule has 3 unspecified atom stereocenters. The summed E-state index contributed by atoms with van der Waals surface area (Å²) in [6, 6.07) is 8.15. The summed E-state index contributed by atoms with van der Waals surface area (Å²) in [7, 11) is 2.26. The van der Waals surface area contributed by atoms with Gasteiger partial charge < -0.3 is 9.80 Å². The van der Waals surface area contributed by atoms with Crippen LogP contribution in [0.3, 0.4) is 0 Å². The van der Waals surface area contributed by atoms with Crippen molar-refractivity contribution >= 4 is 17.3 Å². The second-order valence-electron chi connectivity index (χ2n) is 6.83. The van der Waals surface area contributed by atoms with Crippen LogP contribution in [0.1, 0.15) is 19.8 Å². The largest absolute Gasteiger partial charge is 0.369 e. The zero-order valence-electron chi connectivity index (χ0n) is 13.7. The van der Waals surface area contributed by atoms with Gasteiger partial charge >= 0.3 is 0 Å². The van der Waals surface area contributed by atoms with Crippen LogP contribution in [0.25, 0.3) is 0 Å². The fraction of sp³-hybridized carbons (Fsp3) is 0.579. The molecule has 2 aliphatic carbocycles.